The molecule has 1 aliphatic heterocycles. The Labute approximate surface area is 207 Å². The number of carbonyl (C=O) groups excluding carboxylic acids is 1. The van der Waals surface area contributed by atoms with Gasteiger partial charge >= 0.3 is 5.97 Å². The summed E-state index contributed by atoms with van der Waals surface area (Å²) in [6, 6.07) is 17.6. The fraction of sp³-hybridized carbons (Fsp3) is 0.0870. The first kappa shape index (κ1) is 22.7. The monoisotopic (exact) mass is 546 g/mol. The normalized spacial score (nSPS) is 15.8. The lowest BCUT2D eigenvalue weighted by molar-refractivity contribution is -0.145. The number of amides is 1. The van der Waals surface area contributed by atoms with E-state index in [1.54, 1.807) is 6.08 Å². The molecule has 4 rings (SSSR count). The highest BCUT2D eigenvalue weighted by molar-refractivity contribution is 9.10. The maximum absolute atomic E-state index is 13.0. The topological polar surface area (TPSA) is 69.6 Å². The van der Waals surface area contributed by atoms with Crippen LogP contribution in [0.5, 0.6) is 0 Å². The summed E-state index contributed by atoms with van der Waals surface area (Å²) in [5.74, 6) is -1.57. The second kappa shape index (κ2) is 9.54. The predicted molar refractivity (Wildman–Crippen MR) is 135 cm³/mol. The van der Waals surface area contributed by atoms with Gasteiger partial charge in [0, 0.05) is 20.6 Å². The van der Waals surface area contributed by atoms with Gasteiger partial charge in [-0.3, -0.25) is 9.69 Å². The molecule has 2 N–H and O–H groups in total. The molecule has 0 saturated carbocycles. The summed E-state index contributed by atoms with van der Waals surface area (Å²) in [5, 5.41) is 13.3. The van der Waals surface area contributed by atoms with Crippen LogP contribution in [0.15, 0.2) is 70.8 Å². The van der Waals surface area contributed by atoms with Crippen LogP contribution < -0.4 is 5.32 Å². The number of benzene rings is 2. The van der Waals surface area contributed by atoms with Gasteiger partial charge in [0.25, 0.3) is 5.91 Å². The Morgan fingerprint density at radius 3 is 2.66 bits per heavy atom. The number of nitrogens with one attached hydrogen (secondary N) is 1. The molecule has 9 heteroatoms. The number of aliphatic carboxylic acids is 1. The zero-order valence-electron chi connectivity index (χ0n) is 16.4. The third-order valence-corrected chi connectivity index (χ3v) is 7.51. The zero-order valence-corrected chi connectivity index (χ0v) is 20.4. The first-order valence-electron chi connectivity index (χ1n) is 9.51. The summed E-state index contributed by atoms with van der Waals surface area (Å²) < 4.78 is 0.819. The molecule has 1 saturated heterocycles. The van der Waals surface area contributed by atoms with Crippen LogP contribution >= 0.6 is 51.1 Å². The molecule has 0 aliphatic carbocycles. The Morgan fingerprint density at radius 2 is 1.97 bits per heavy atom. The van der Waals surface area contributed by atoms with Gasteiger partial charge in [-0.25, -0.2) is 4.79 Å². The number of thiocarbonyl (C=S) groups is 1. The molecular weight excluding hydrogens is 532 g/mol. The van der Waals surface area contributed by atoms with Crippen molar-refractivity contribution in [3.05, 3.63) is 86.3 Å². The van der Waals surface area contributed by atoms with Crippen LogP contribution in [0.3, 0.4) is 0 Å². The molecule has 1 aromatic heterocycles. The van der Waals surface area contributed by atoms with Gasteiger partial charge < -0.3 is 10.4 Å². The van der Waals surface area contributed by atoms with Crippen LogP contribution in [0.1, 0.15) is 10.4 Å². The maximum Gasteiger partial charge on any atom is 0.327 e. The summed E-state index contributed by atoms with van der Waals surface area (Å²) >= 11 is 16.4. The van der Waals surface area contributed by atoms with Crippen molar-refractivity contribution in [2.24, 2.45) is 0 Å². The molecule has 1 unspecified atom stereocenters. The summed E-state index contributed by atoms with van der Waals surface area (Å²) in [6.07, 6.45) is 1.84. The van der Waals surface area contributed by atoms with Gasteiger partial charge in [0.05, 0.1) is 5.02 Å². The standard InChI is InChI=1S/C23H16BrClN2O3S2/c24-16-8-6-14(11-17(16)25)20-9-7-15(32-20)12-18-21(28)27(23(31)26-18)19(22(29)30)10-13-4-2-1-3-5-13/h1-9,11-12,19H,10H2,(H,26,31)(H,29,30)/b18-12-. The van der Waals surface area contributed by atoms with Crippen molar-refractivity contribution >= 4 is 74.2 Å². The molecule has 0 radical (unpaired) electrons. The molecule has 0 bridgehead atoms. The molecule has 1 amide bonds. The zero-order chi connectivity index (χ0) is 22.8. The largest absolute Gasteiger partial charge is 0.480 e. The minimum Gasteiger partial charge on any atom is -0.480 e. The Kier molecular flexibility index (Phi) is 6.76. The Hall–Kier alpha value is -2.52. The van der Waals surface area contributed by atoms with Crippen molar-refractivity contribution < 1.29 is 14.7 Å². The fourth-order valence-corrected chi connectivity index (χ4v) is 5.03. The Morgan fingerprint density at radius 1 is 1.22 bits per heavy atom. The quantitative estimate of drug-likeness (QED) is 0.311. The van der Waals surface area contributed by atoms with E-state index < -0.39 is 17.9 Å². The first-order valence-corrected chi connectivity index (χ1v) is 11.9. The molecule has 1 atom stereocenters. The number of hydrogen-bond acceptors (Lipinski definition) is 4. The van der Waals surface area contributed by atoms with E-state index in [-0.39, 0.29) is 17.2 Å². The summed E-state index contributed by atoms with van der Waals surface area (Å²) in [5.41, 5.74) is 2.02. The minimum atomic E-state index is -1.11. The van der Waals surface area contributed by atoms with Crippen LogP contribution in [0.2, 0.25) is 5.02 Å². The lowest BCUT2D eigenvalue weighted by Crippen LogP contribution is -2.46. The van der Waals surface area contributed by atoms with Crippen molar-refractivity contribution in [2.45, 2.75) is 12.5 Å². The number of rotatable bonds is 6. The summed E-state index contributed by atoms with van der Waals surface area (Å²) in [7, 11) is 0. The Bertz CT molecular complexity index is 1240. The van der Waals surface area contributed by atoms with Gasteiger partial charge in [0.1, 0.15) is 11.7 Å². The number of carbonyl (C=O) groups is 2. The van der Waals surface area contributed by atoms with E-state index >= 15 is 0 Å². The highest BCUT2D eigenvalue weighted by Crippen LogP contribution is 2.34. The van der Waals surface area contributed by atoms with E-state index in [1.807, 2.05) is 60.7 Å². The van der Waals surface area contributed by atoms with E-state index in [1.165, 1.54) is 11.3 Å². The van der Waals surface area contributed by atoms with Crippen LogP contribution in [-0.2, 0) is 16.0 Å². The molecule has 2 heterocycles. The minimum absolute atomic E-state index is 0.0843. The van der Waals surface area contributed by atoms with Gasteiger partial charge in [-0.15, -0.1) is 11.3 Å². The second-order valence-corrected chi connectivity index (χ2v) is 9.80. The smallest absolute Gasteiger partial charge is 0.327 e. The van der Waals surface area contributed by atoms with Crippen molar-refractivity contribution in [2.75, 3.05) is 0 Å². The molecule has 32 heavy (non-hydrogen) atoms. The van der Waals surface area contributed by atoms with Crippen LogP contribution in [-0.4, -0.2) is 33.0 Å². The van der Waals surface area contributed by atoms with E-state index in [4.69, 9.17) is 23.8 Å². The molecule has 1 fully saturated rings. The molecule has 1 aliphatic rings. The fourth-order valence-electron chi connectivity index (χ4n) is 3.34. The average Bonchev–Trinajstić information content (AvgIpc) is 3.34. The van der Waals surface area contributed by atoms with Crippen molar-refractivity contribution in [1.29, 1.82) is 0 Å². The predicted octanol–water partition coefficient (Wildman–Crippen LogP) is 5.58. The third-order valence-electron chi connectivity index (χ3n) is 4.90. The van der Waals surface area contributed by atoms with Crippen molar-refractivity contribution in [1.82, 2.24) is 10.2 Å². The van der Waals surface area contributed by atoms with Crippen molar-refractivity contribution in [3.8, 4) is 10.4 Å². The van der Waals surface area contributed by atoms with Crippen LogP contribution in [0.4, 0.5) is 0 Å². The summed E-state index contributed by atoms with van der Waals surface area (Å²) in [6.45, 7) is 0. The SMILES string of the molecule is O=C(O)C(Cc1ccccc1)N1C(=O)/C(=C/c2ccc(-c3ccc(Br)c(Cl)c3)s2)NC1=S. The molecule has 0 spiro atoms. The number of carboxylic acid groups (broad SMARTS) is 1. The van der Waals surface area contributed by atoms with Gasteiger partial charge in [0.15, 0.2) is 5.11 Å². The average molecular weight is 548 g/mol. The molecular formula is C23H16BrClN2O3S2. The summed E-state index contributed by atoms with van der Waals surface area (Å²) in [4.78, 5) is 27.9. The highest BCUT2D eigenvalue weighted by Gasteiger charge is 2.39. The number of nitrogens with zero attached hydrogens (tertiary/aromatic N) is 1. The van der Waals surface area contributed by atoms with E-state index in [9.17, 15) is 14.7 Å². The molecule has 162 valence electrons. The first-order chi connectivity index (χ1) is 15.3. The Balaban J connectivity index is 1.57. The number of halogens is 2. The van der Waals surface area contributed by atoms with Gasteiger partial charge in [-0.2, -0.15) is 0 Å². The van der Waals surface area contributed by atoms with Crippen LogP contribution in [0.25, 0.3) is 16.5 Å². The van der Waals surface area contributed by atoms with Gasteiger partial charge in [0.2, 0.25) is 0 Å². The lowest BCUT2D eigenvalue weighted by Gasteiger charge is -2.22. The molecule has 3 aromatic rings. The van der Waals surface area contributed by atoms with E-state index in [2.05, 4.69) is 21.2 Å². The number of thiophene rings is 1. The number of hydrogen-bond donors (Lipinski definition) is 2. The third kappa shape index (κ3) is 4.78. The van der Waals surface area contributed by atoms with E-state index in [0.717, 1.165) is 30.3 Å². The lowest BCUT2D eigenvalue weighted by atomic mass is 10.0. The van der Waals surface area contributed by atoms with E-state index in [0.29, 0.717) is 5.02 Å². The van der Waals surface area contributed by atoms with Crippen LogP contribution in [0, 0.1) is 0 Å². The molecule has 2 aromatic carbocycles. The second-order valence-electron chi connectivity index (χ2n) is 7.04. The molecule has 5 nitrogen and oxygen atoms in total. The number of carboxylic acids is 1. The maximum atomic E-state index is 13.0. The van der Waals surface area contributed by atoms with Crippen molar-refractivity contribution in [3.63, 3.8) is 0 Å². The highest BCUT2D eigenvalue weighted by atomic mass is 79.9. The van der Waals surface area contributed by atoms with Gasteiger partial charge in [-0.05, 0) is 69.6 Å². The van der Waals surface area contributed by atoms with Gasteiger partial charge in [-0.1, -0.05) is 48.0 Å².